The van der Waals surface area contributed by atoms with E-state index in [1.54, 1.807) is 23.1 Å². The van der Waals surface area contributed by atoms with Crippen LogP contribution in [0.5, 0.6) is 11.5 Å². The SMILES string of the molecule is CS(=O)(=O)N[C@H]1CCCN(C(=O)Nc2ccc3c(c2)OCCCO3)C1. The molecule has 0 aromatic heterocycles. The Bertz CT molecular complexity index is 737. The Labute approximate surface area is 147 Å². The molecule has 2 aliphatic heterocycles. The molecule has 1 saturated heterocycles. The molecule has 1 aromatic rings. The summed E-state index contributed by atoms with van der Waals surface area (Å²) in [6.07, 6.45) is 3.42. The van der Waals surface area contributed by atoms with Crippen molar-refractivity contribution in [2.24, 2.45) is 0 Å². The minimum atomic E-state index is -3.28. The van der Waals surface area contributed by atoms with Gasteiger partial charge in [0, 0.05) is 37.3 Å². The van der Waals surface area contributed by atoms with Crippen LogP contribution >= 0.6 is 0 Å². The van der Waals surface area contributed by atoms with E-state index in [0.29, 0.717) is 43.5 Å². The van der Waals surface area contributed by atoms with Crippen molar-refractivity contribution in [3.63, 3.8) is 0 Å². The van der Waals surface area contributed by atoms with Crippen molar-refractivity contribution in [1.29, 1.82) is 0 Å². The first-order valence-corrected chi connectivity index (χ1v) is 10.2. The van der Waals surface area contributed by atoms with Gasteiger partial charge in [0.15, 0.2) is 11.5 Å². The van der Waals surface area contributed by atoms with Crippen molar-refractivity contribution in [3.8, 4) is 11.5 Å². The molecular weight excluding hydrogens is 346 g/mol. The van der Waals surface area contributed by atoms with Crippen LogP contribution in [-0.4, -0.2) is 57.9 Å². The third-order valence-corrected chi connectivity index (χ3v) is 4.85. The number of likely N-dealkylation sites (tertiary alicyclic amines) is 1. The summed E-state index contributed by atoms with van der Waals surface area (Å²) in [6.45, 7) is 2.14. The molecule has 0 spiro atoms. The van der Waals surface area contributed by atoms with Gasteiger partial charge < -0.3 is 19.7 Å². The van der Waals surface area contributed by atoms with Crippen molar-refractivity contribution in [1.82, 2.24) is 9.62 Å². The van der Waals surface area contributed by atoms with Gasteiger partial charge in [-0.1, -0.05) is 0 Å². The smallest absolute Gasteiger partial charge is 0.321 e. The standard InChI is InChI=1S/C16H23N3O5S/c1-25(21,22)18-13-4-2-7-19(11-13)16(20)17-12-5-6-14-15(10-12)24-9-3-8-23-14/h5-6,10,13,18H,2-4,7-9,11H2,1H3,(H,17,20)/t13-/m0/s1. The number of carbonyl (C=O) groups excluding carboxylic acids is 1. The minimum absolute atomic E-state index is 0.252. The number of ether oxygens (including phenoxy) is 2. The number of rotatable bonds is 3. The number of carbonyl (C=O) groups is 1. The Morgan fingerprint density at radius 1 is 1.20 bits per heavy atom. The van der Waals surface area contributed by atoms with E-state index in [2.05, 4.69) is 10.0 Å². The van der Waals surface area contributed by atoms with Crippen LogP contribution in [0.4, 0.5) is 10.5 Å². The van der Waals surface area contributed by atoms with Crippen LogP contribution in [0.2, 0.25) is 0 Å². The molecule has 2 amide bonds. The van der Waals surface area contributed by atoms with E-state index in [9.17, 15) is 13.2 Å². The maximum absolute atomic E-state index is 12.5. The molecule has 1 fully saturated rings. The van der Waals surface area contributed by atoms with E-state index >= 15 is 0 Å². The number of nitrogens with one attached hydrogen (secondary N) is 2. The summed E-state index contributed by atoms with van der Waals surface area (Å²) in [5.41, 5.74) is 0.618. The molecule has 138 valence electrons. The number of nitrogens with zero attached hydrogens (tertiary/aromatic N) is 1. The topological polar surface area (TPSA) is 97.0 Å². The summed E-state index contributed by atoms with van der Waals surface area (Å²) in [4.78, 5) is 14.1. The second kappa shape index (κ2) is 7.49. The van der Waals surface area contributed by atoms with Gasteiger partial charge in [-0.3, -0.25) is 0 Å². The van der Waals surface area contributed by atoms with Gasteiger partial charge in [-0.25, -0.2) is 17.9 Å². The largest absolute Gasteiger partial charge is 0.490 e. The lowest BCUT2D eigenvalue weighted by molar-refractivity contribution is 0.190. The maximum atomic E-state index is 12.5. The van der Waals surface area contributed by atoms with E-state index < -0.39 is 10.0 Å². The number of anilines is 1. The molecule has 0 bridgehead atoms. The van der Waals surface area contributed by atoms with Crippen LogP contribution in [0.25, 0.3) is 0 Å². The van der Waals surface area contributed by atoms with Crippen molar-refractivity contribution >= 4 is 21.7 Å². The average Bonchev–Trinajstić information content (AvgIpc) is 2.78. The highest BCUT2D eigenvalue weighted by atomic mass is 32.2. The van der Waals surface area contributed by atoms with E-state index in [1.807, 2.05) is 0 Å². The highest BCUT2D eigenvalue weighted by Crippen LogP contribution is 2.32. The Kier molecular flexibility index (Phi) is 5.33. The zero-order chi connectivity index (χ0) is 17.9. The van der Waals surface area contributed by atoms with Gasteiger partial charge in [0.2, 0.25) is 10.0 Å². The lowest BCUT2D eigenvalue weighted by atomic mass is 10.1. The zero-order valence-electron chi connectivity index (χ0n) is 14.2. The number of sulfonamides is 1. The molecule has 1 atom stereocenters. The number of benzene rings is 1. The normalized spacial score (nSPS) is 20.7. The first-order chi connectivity index (χ1) is 11.9. The van der Waals surface area contributed by atoms with Gasteiger partial charge in [-0.2, -0.15) is 0 Å². The van der Waals surface area contributed by atoms with Crippen molar-refractivity contribution < 1.29 is 22.7 Å². The third-order valence-electron chi connectivity index (χ3n) is 4.09. The van der Waals surface area contributed by atoms with E-state index in [0.717, 1.165) is 25.5 Å². The average molecular weight is 369 g/mol. The summed E-state index contributed by atoms with van der Waals surface area (Å²) in [5.74, 6) is 1.29. The maximum Gasteiger partial charge on any atom is 0.321 e. The van der Waals surface area contributed by atoms with Crippen LogP contribution in [0.15, 0.2) is 18.2 Å². The number of hydrogen-bond donors (Lipinski definition) is 2. The Morgan fingerprint density at radius 2 is 1.96 bits per heavy atom. The second-order valence-electron chi connectivity index (χ2n) is 6.32. The summed E-state index contributed by atoms with van der Waals surface area (Å²) >= 11 is 0. The number of urea groups is 1. The van der Waals surface area contributed by atoms with Crippen LogP contribution in [0.1, 0.15) is 19.3 Å². The van der Waals surface area contributed by atoms with Gasteiger partial charge in [0.1, 0.15) is 0 Å². The van der Waals surface area contributed by atoms with Crippen molar-refractivity contribution in [3.05, 3.63) is 18.2 Å². The third kappa shape index (κ3) is 4.99. The molecule has 2 N–H and O–H groups in total. The molecule has 3 rings (SSSR count). The fourth-order valence-electron chi connectivity index (χ4n) is 3.00. The molecule has 0 aliphatic carbocycles. The van der Waals surface area contributed by atoms with Crippen molar-refractivity contribution in [2.75, 3.05) is 37.9 Å². The number of hydrogen-bond acceptors (Lipinski definition) is 5. The van der Waals surface area contributed by atoms with Crippen LogP contribution in [0, 0.1) is 0 Å². The second-order valence-corrected chi connectivity index (χ2v) is 8.10. The Hall–Kier alpha value is -2.00. The molecule has 1 aromatic carbocycles. The van der Waals surface area contributed by atoms with Crippen molar-refractivity contribution in [2.45, 2.75) is 25.3 Å². The summed E-state index contributed by atoms with van der Waals surface area (Å²) in [6, 6.07) is 4.78. The zero-order valence-corrected chi connectivity index (χ0v) is 15.0. The first kappa shape index (κ1) is 17.8. The predicted octanol–water partition coefficient (Wildman–Crippen LogP) is 1.39. The molecule has 8 nitrogen and oxygen atoms in total. The van der Waals surface area contributed by atoms with E-state index in [1.165, 1.54) is 0 Å². The Balaban J connectivity index is 1.62. The summed E-state index contributed by atoms with van der Waals surface area (Å²) in [7, 11) is -3.28. The predicted molar refractivity (Wildman–Crippen MR) is 93.6 cm³/mol. The fourth-order valence-corrected chi connectivity index (χ4v) is 3.80. The molecule has 2 heterocycles. The van der Waals surface area contributed by atoms with Gasteiger partial charge in [-0.15, -0.1) is 0 Å². The monoisotopic (exact) mass is 369 g/mol. The number of fused-ring (bicyclic) bond motifs is 1. The number of amides is 2. The molecular formula is C16H23N3O5S. The van der Waals surface area contributed by atoms with Crippen LogP contribution in [-0.2, 0) is 10.0 Å². The van der Waals surface area contributed by atoms with E-state index in [-0.39, 0.29) is 12.1 Å². The van der Waals surface area contributed by atoms with Gasteiger partial charge in [-0.05, 0) is 25.0 Å². The molecule has 0 saturated carbocycles. The first-order valence-electron chi connectivity index (χ1n) is 8.33. The summed E-state index contributed by atoms with van der Waals surface area (Å²) in [5, 5.41) is 2.84. The minimum Gasteiger partial charge on any atom is -0.490 e. The molecule has 0 unspecified atom stereocenters. The van der Waals surface area contributed by atoms with Gasteiger partial charge in [0.05, 0.1) is 19.5 Å². The van der Waals surface area contributed by atoms with Gasteiger partial charge in [0.25, 0.3) is 0 Å². The van der Waals surface area contributed by atoms with Crippen LogP contribution < -0.4 is 19.5 Å². The lowest BCUT2D eigenvalue weighted by Gasteiger charge is -2.32. The quantitative estimate of drug-likeness (QED) is 0.839. The van der Waals surface area contributed by atoms with Crippen LogP contribution in [0.3, 0.4) is 0 Å². The highest BCUT2D eigenvalue weighted by Gasteiger charge is 2.25. The number of piperidine rings is 1. The molecule has 25 heavy (non-hydrogen) atoms. The molecule has 2 aliphatic rings. The van der Waals surface area contributed by atoms with E-state index in [4.69, 9.17) is 9.47 Å². The fraction of sp³-hybridized carbons (Fsp3) is 0.562. The van der Waals surface area contributed by atoms with Gasteiger partial charge >= 0.3 is 6.03 Å². The Morgan fingerprint density at radius 3 is 2.72 bits per heavy atom. The summed E-state index contributed by atoms with van der Waals surface area (Å²) < 4.78 is 36.5. The molecule has 0 radical (unpaired) electrons. The molecule has 9 heteroatoms. The lowest BCUT2D eigenvalue weighted by Crippen LogP contribution is -2.50. The highest BCUT2D eigenvalue weighted by molar-refractivity contribution is 7.88.